The Morgan fingerprint density at radius 2 is 1.94 bits per heavy atom. The molecular weight excluding hydrogens is 451 g/mol. The summed E-state index contributed by atoms with van der Waals surface area (Å²) in [6, 6.07) is 3.77. The molecule has 0 spiro atoms. The highest BCUT2D eigenvalue weighted by atomic mass is 35.5. The van der Waals surface area contributed by atoms with Crippen molar-refractivity contribution in [3.05, 3.63) is 66.0 Å². The number of amides is 1. The molecule has 1 atom stereocenters. The molecule has 1 aromatic heterocycles. The van der Waals surface area contributed by atoms with E-state index in [1.165, 1.54) is 0 Å². The molecule has 32 heavy (non-hydrogen) atoms. The number of fused-ring (bicyclic) bond motifs is 1. The molecule has 8 heteroatoms. The van der Waals surface area contributed by atoms with E-state index in [0.29, 0.717) is 47.4 Å². The van der Waals surface area contributed by atoms with Crippen LogP contribution in [0.25, 0.3) is 0 Å². The fourth-order valence-electron chi connectivity index (χ4n) is 4.88. The number of rotatable bonds is 5. The third-order valence-corrected chi connectivity index (χ3v) is 7.32. The van der Waals surface area contributed by atoms with Gasteiger partial charge in [0, 0.05) is 48.7 Å². The predicted octanol–water partition coefficient (Wildman–Crippen LogP) is 4.61. The topological polar surface area (TPSA) is 71.6 Å². The predicted molar refractivity (Wildman–Crippen MR) is 125 cm³/mol. The Hall–Kier alpha value is -1.86. The highest BCUT2D eigenvalue weighted by Crippen LogP contribution is 2.42. The van der Waals surface area contributed by atoms with Crippen LogP contribution in [-0.4, -0.2) is 42.7 Å². The Balaban J connectivity index is 1.70. The number of carbonyl (C=O) groups is 1. The van der Waals surface area contributed by atoms with Crippen molar-refractivity contribution in [3.8, 4) is 0 Å². The number of benzene rings is 1. The van der Waals surface area contributed by atoms with Gasteiger partial charge < -0.3 is 19.4 Å². The van der Waals surface area contributed by atoms with Gasteiger partial charge in [0.2, 0.25) is 0 Å². The number of H-pyrrole nitrogens is 1. The lowest BCUT2D eigenvalue weighted by molar-refractivity contribution is -0.0144. The van der Waals surface area contributed by atoms with Crippen LogP contribution in [0.3, 0.4) is 0 Å². The molecule has 1 fully saturated rings. The monoisotopic (exact) mass is 478 g/mol. The highest BCUT2D eigenvalue weighted by molar-refractivity contribution is 6.37. The summed E-state index contributed by atoms with van der Waals surface area (Å²) < 4.78 is 11.3. The molecule has 6 nitrogen and oxygen atoms in total. The van der Waals surface area contributed by atoms with Gasteiger partial charge in [-0.25, -0.2) is 0 Å². The van der Waals surface area contributed by atoms with Gasteiger partial charge in [0.05, 0.1) is 23.2 Å². The smallest absolute Gasteiger partial charge is 0.256 e. The molecule has 0 aliphatic carbocycles. The summed E-state index contributed by atoms with van der Waals surface area (Å²) in [5.41, 5.74) is 4.00. The maximum atomic E-state index is 13.5. The molecule has 0 bridgehead atoms. The van der Waals surface area contributed by atoms with Crippen molar-refractivity contribution >= 4 is 29.1 Å². The van der Waals surface area contributed by atoms with Gasteiger partial charge in [-0.1, -0.05) is 23.2 Å². The second kappa shape index (κ2) is 9.56. The Labute approximate surface area is 197 Å². The van der Waals surface area contributed by atoms with Gasteiger partial charge >= 0.3 is 0 Å². The van der Waals surface area contributed by atoms with Crippen LogP contribution in [0.15, 0.2) is 16.9 Å². The van der Waals surface area contributed by atoms with Gasteiger partial charge in [-0.3, -0.25) is 9.59 Å². The van der Waals surface area contributed by atoms with E-state index in [1.807, 2.05) is 26.0 Å². The summed E-state index contributed by atoms with van der Waals surface area (Å²) in [5.74, 6) is 0.0325. The number of methoxy groups -OCH3 is 1. The van der Waals surface area contributed by atoms with Crippen molar-refractivity contribution in [1.29, 1.82) is 0 Å². The lowest BCUT2D eigenvalue weighted by Gasteiger charge is -2.34. The molecule has 2 aliphatic heterocycles. The van der Waals surface area contributed by atoms with E-state index in [2.05, 4.69) is 4.98 Å². The summed E-state index contributed by atoms with van der Waals surface area (Å²) in [6.07, 6.45) is 2.04. The third-order valence-electron chi connectivity index (χ3n) is 6.58. The Morgan fingerprint density at radius 1 is 1.22 bits per heavy atom. The highest BCUT2D eigenvalue weighted by Gasteiger charge is 2.34. The molecule has 1 amide bonds. The number of hydrogen-bond donors (Lipinski definition) is 1. The number of ether oxygens (including phenoxy) is 2. The van der Waals surface area contributed by atoms with Crippen LogP contribution in [0.4, 0.5) is 0 Å². The molecule has 2 aromatic rings. The minimum Gasteiger partial charge on any atom is -0.381 e. The molecule has 1 N–H and O–H groups in total. The summed E-state index contributed by atoms with van der Waals surface area (Å²) in [4.78, 5) is 30.5. The van der Waals surface area contributed by atoms with Crippen molar-refractivity contribution < 1.29 is 14.3 Å². The van der Waals surface area contributed by atoms with Crippen LogP contribution in [0.1, 0.15) is 57.3 Å². The zero-order valence-corrected chi connectivity index (χ0v) is 20.1. The molecule has 1 aromatic carbocycles. The number of nitrogens with zero attached hydrogens (tertiary/aromatic N) is 1. The van der Waals surface area contributed by atoms with E-state index in [-0.39, 0.29) is 30.0 Å². The quantitative estimate of drug-likeness (QED) is 0.680. The minimum absolute atomic E-state index is 0.169. The second-order valence-electron chi connectivity index (χ2n) is 8.64. The SMILES string of the molecule is COC(c1cc(Cl)c2c(c1Cl)C(=O)N(Cc1c(C)cc(C)[nH]c1=O)CC2)C1CCOCC1. The second-order valence-corrected chi connectivity index (χ2v) is 9.43. The Bertz CT molecular complexity index is 1090. The summed E-state index contributed by atoms with van der Waals surface area (Å²) in [6.45, 7) is 5.79. The molecule has 3 heterocycles. The van der Waals surface area contributed by atoms with Crippen molar-refractivity contribution in [1.82, 2.24) is 9.88 Å². The van der Waals surface area contributed by atoms with Gasteiger partial charge in [-0.05, 0) is 62.3 Å². The van der Waals surface area contributed by atoms with E-state index < -0.39 is 0 Å². The van der Waals surface area contributed by atoms with Crippen molar-refractivity contribution in [2.75, 3.05) is 26.9 Å². The van der Waals surface area contributed by atoms with E-state index >= 15 is 0 Å². The van der Waals surface area contributed by atoms with Crippen LogP contribution >= 0.6 is 23.2 Å². The molecule has 2 aliphatic rings. The van der Waals surface area contributed by atoms with Crippen LogP contribution in [0.5, 0.6) is 0 Å². The standard InChI is InChI=1S/C24H28Cl2N2O4/c1-13-10-14(2)27-23(29)18(13)12-28-7-4-16-19(25)11-17(21(26)20(16)24(28)30)22(31-3)15-5-8-32-9-6-15/h10-11,15,22H,4-9,12H2,1-3H3,(H,27,29). The number of aromatic amines is 1. The van der Waals surface area contributed by atoms with Gasteiger partial charge in [-0.2, -0.15) is 0 Å². The number of pyridine rings is 1. The fraction of sp³-hybridized carbons (Fsp3) is 0.500. The molecule has 0 radical (unpaired) electrons. The first kappa shape index (κ1) is 23.3. The minimum atomic E-state index is -0.264. The zero-order chi connectivity index (χ0) is 23.0. The van der Waals surface area contributed by atoms with Crippen LogP contribution in [-0.2, 0) is 22.4 Å². The zero-order valence-electron chi connectivity index (χ0n) is 18.6. The van der Waals surface area contributed by atoms with Crippen LogP contribution in [0, 0.1) is 19.8 Å². The Morgan fingerprint density at radius 3 is 2.59 bits per heavy atom. The number of aromatic nitrogens is 1. The first-order valence-corrected chi connectivity index (χ1v) is 11.7. The maximum absolute atomic E-state index is 13.5. The average Bonchev–Trinajstić information content (AvgIpc) is 2.76. The van der Waals surface area contributed by atoms with E-state index in [0.717, 1.165) is 35.2 Å². The first-order valence-electron chi connectivity index (χ1n) is 10.9. The lowest BCUT2D eigenvalue weighted by atomic mass is 9.86. The molecule has 172 valence electrons. The normalized spacial score (nSPS) is 18.0. The van der Waals surface area contributed by atoms with Gasteiger partial charge in [0.15, 0.2) is 0 Å². The van der Waals surface area contributed by atoms with Crippen molar-refractivity contribution in [3.63, 3.8) is 0 Å². The van der Waals surface area contributed by atoms with Gasteiger partial charge in [-0.15, -0.1) is 0 Å². The molecule has 1 unspecified atom stereocenters. The molecule has 1 saturated heterocycles. The lowest BCUT2D eigenvalue weighted by Crippen LogP contribution is -2.39. The van der Waals surface area contributed by atoms with Crippen LogP contribution in [0.2, 0.25) is 10.0 Å². The third kappa shape index (κ3) is 4.34. The van der Waals surface area contributed by atoms with E-state index in [1.54, 1.807) is 12.0 Å². The van der Waals surface area contributed by atoms with E-state index in [9.17, 15) is 9.59 Å². The maximum Gasteiger partial charge on any atom is 0.256 e. The molecule has 4 rings (SSSR count). The number of hydrogen-bond acceptors (Lipinski definition) is 4. The number of carbonyl (C=O) groups excluding carboxylic acids is 1. The van der Waals surface area contributed by atoms with Crippen molar-refractivity contribution in [2.24, 2.45) is 5.92 Å². The summed E-state index contributed by atoms with van der Waals surface area (Å²) in [7, 11) is 1.66. The average molecular weight is 479 g/mol. The molecule has 0 saturated carbocycles. The van der Waals surface area contributed by atoms with Crippen LogP contribution < -0.4 is 5.56 Å². The number of nitrogens with one attached hydrogen (secondary N) is 1. The van der Waals surface area contributed by atoms with Gasteiger partial charge in [0.25, 0.3) is 11.5 Å². The molecular formula is C24H28Cl2N2O4. The number of aryl methyl sites for hydroxylation is 2. The number of halogens is 2. The fourth-order valence-corrected chi connectivity index (χ4v) is 5.54. The Kier molecular flexibility index (Phi) is 6.96. The largest absolute Gasteiger partial charge is 0.381 e. The summed E-state index contributed by atoms with van der Waals surface area (Å²) in [5, 5.41) is 0.929. The van der Waals surface area contributed by atoms with E-state index in [4.69, 9.17) is 32.7 Å². The first-order chi connectivity index (χ1) is 15.3. The van der Waals surface area contributed by atoms with Gasteiger partial charge in [0.1, 0.15) is 0 Å². The van der Waals surface area contributed by atoms with Crippen molar-refractivity contribution in [2.45, 2.75) is 45.8 Å². The summed E-state index contributed by atoms with van der Waals surface area (Å²) >= 11 is 13.5.